The van der Waals surface area contributed by atoms with Crippen molar-refractivity contribution in [3.05, 3.63) is 107 Å². The Balaban J connectivity index is 1.27. The highest BCUT2D eigenvalue weighted by molar-refractivity contribution is 5.91. The van der Waals surface area contributed by atoms with Crippen molar-refractivity contribution in [3.8, 4) is 5.75 Å². The number of benzene rings is 4. The fraction of sp³-hybridized carbons (Fsp3) is 0.281. The van der Waals surface area contributed by atoms with Gasteiger partial charge in [0.05, 0.1) is 24.9 Å². The molecule has 4 aromatic carbocycles. The molecule has 0 aromatic heterocycles. The topological polar surface area (TPSA) is 50.8 Å². The number of nitrogens with zero attached hydrogens (tertiary/aromatic N) is 1. The number of fused-ring (bicyclic) bond motifs is 2. The number of nitrogens with one attached hydrogen (secondary N) is 1. The first-order chi connectivity index (χ1) is 18.0. The first kappa shape index (κ1) is 24.8. The molecular weight excluding hydrogens is 460 g/mol. The second-order valence-electron chi connectivity index (χ2n) is 9.76. The van der Waals surface area contributed by atoms with Gasteiger partial charge in [-0.25, -0.2) is 4.79 Å². The SMILES string of the molecule is COC(=O)c1cc(CN2CC(CCNC(C)c3cccc4ccccc34)Oc3ccccc32)ccc1C. The highest BCUT2D eigenvalue weighted by Crippen LogP contribution is 2.35. The van der Waals surface area contributed by atoms with Gasteiger partial charge in [0.2, 0.25) is 0 Å². The highest BCUT2D eigenvalue weighted by Gasteiger charge is 2.26. The average Bonchev–Trinajstić information content (AvgIpc) is 2.93. The van der Waals surface area contributed by atoms with Gasteiger partial charge in [-0.1, -0.05) is 66.7 Å². The number of para-hydroxylation sites is 2. The van der Waals surface area contributed by atoms with Crippen LogP contribution in [0.5, 0.6) is 5.75 Å². The van der Waals surface area contributed by atoms with Crippen LogP contribution in [0.2, 0.25) is 0 Å². The summed E-state index contributed by atoms with van der Waals surface area (Å²) in [5.74, 6) is 0.604. The molecular formula is C32H34N2O3. The van der Waals surface area contributed by atoms with Gasteiger partial charge in [0.1, 0.15) is 11.9 Å². The fourth-order valence-electron chi connectivity index (χ4n) is 5.20. The van der Waals surface area contributed by atoms with Crippen LogP contribution in [0.15, 0.2) is 84.9 Å². The number of hydrogen-bond donors (Lipinski definition) is 1. The molecule has 190 valence electrons. The maximum absolute atomic E-state index is 12.2. The number of rotatable bonds is 8. The van der Waals surface area contributed by atoms with Crippen molar-refractivity contribution in [3.63, 3.8) is 0 Å². The van der Waals surface area contributed by atoms with Crippen molar-refractivity contribution in [1.82, 2.24) is 5.32 Å². The van der Waals surface area contributed by atoms with Crippen LogP contribution in [0.4, 0.5) is 5.69 Å². The Kier molecular flexibility index (Phi) is 7.42. The summed E-state index contributed by atoms with van der Waals surface area (Å²) in [4.78, 5) is 14.6. The standard InChI is InChI=1S/C32H34N2O3/c1-22-15-16-24(19-29(22)32(35)36-3)20-34-21-26(37-31-14-7-6-13-30(31)34)17-18-33-23(2)27-12-8-10-25-9-4-5-11-28(25)27/h4-16,19,23,26,33H,17-18,20-21H2,1-3H3. The molecule has 0 spiro atoms. The van der Waals surface area contributed by atoms with E-state index in [0.717, 1.165) is 42.1 Å². The van der Waals surface area contributed by atoms with E-state index < -0.39 is 0 Å². The molecule has 0 fully saturated rings. The van der Waals surface area contributed by atoms with E-state index >= 15 is 0 Å². The molecule has 0 aliphatic carbocycles. The first-order valence-corrected chi connectivity index (χ1v) is 12.9. The fourth-order valence-corrected chi connectivity index (χ4v) is 5.20. The highest BCUT2D eigenvalue weighted by atomic mass is 16.5. The molecule has 0 saturated carbocycles. The zero-order valence-electron chi connectivity index (χ0n) is 21.7. The van der Waals surface area contributed by atoms with Crippen LogP contribution in [0.3, 0.4) is 0 Å². The van der Waals surface area contributed by atoms with Crippen molar-refractivity contribution >= 4 is 22.4 Å². The van der Waals surface area contributed by atoms with Crippen molar-refractivity contribution in [1.29, 1.82) is 0 Å². The first-order valence-electron chi connectivity index (χ1n) is 12.9. The van der Waals surface area contributed by atoms with E-state index in [1.54, 1.807) is 0 Å². The molecule has 4 aromatic rings. The van der Waals surface area contributed by atoms with E-state index in [-0.39, 0.29) is 18.1 Å². The number of carbonyl (C=O) groups excluding carboxylic acids is 1. The lowest BCUT2D eigenvalue weighted by Gasteiger charge is -2.36. The number of ether oxygens (including phenoxy) is 2. The molecule has 5 rings (SSSR count). The average molecular weight is 495 g/mol. The Hall–Kier alpha value is -3.83. The summed E-state index contributed by atoms with van der Waals surface area (Å²) < 4.78 is 11.4. The van der Waals surface area contributed by atoms with Gasteiger partial charge >= 0.3 is 5.97 Å². The van der Waals surface area contributed by atoms with E-state index in [1.807, 2.05) is 37.3 Å². The van der Waals surface area contributed by atoms with Gasteiger partial charge in [0.25, 0.3) is 0 Å². The van der Waals surface area contributed by atoms with E-state index in [4.69, 9.17) is 9.47 Å². The minimum Gasteiger partial charge on any atom is -0.486 e. The minimum atomic E-state index is -0.300. The predicted molar refractivity (Wildman–Crippen MR) is 149 cm³/mol. The molecule has 2 unspecified atom stereocenters. The molecule has 0 saturated heterocycles. The third-order valence-corrected chi connectivity index (χ3v) is 7.21. The molecule has 5 nitrogen and oxygen atoms in total. The van der Waals surface area contributed by atoms with Crippen LogP contribution in [-0.2, 0) is 11.3 Å². The quantitative estimate of drug-likeness (QED) is 0.286. The van der Waals surface area contributed by atoms with Gasteiger partial charge in [0, 0.05) is 12.6 Å². The molecule has 37 heavy (non-hydrogen) atoms. The van der Waals surface area contributed by atoms with E-state index in [2.05, 4.69) is 71.7 Å². The smallest absolute Gasteiger partial charge is 0.338 e. The summed E-state index contributed by atoms with van der Waals surface area (Å²) in [6.45, 7) is 6.48. The minimum absolute atomic E-state index is 0.0626. The summed E-state index contributed by atoms with van der Waals surface area (Å²) in [6.07, 6.45) is 0.953. The number of carbonyl (C=O) groups is 1. The lowest BCUT2D eigenvalue weighted by molar-refractivity contribution is 0.0599. The van der Waals surface area contributed by atoms with E-state index in [9.17, 15) is 4.79 Å². The molecule has 1 aliphatic heterocycles. The summed E-state index contributed by atoms with van der Waals surface area (Å²) in [6, 6.07) is 29.5. The summed E-state index contributed by atoms with van der Waals surface area (Å²) in [7, 11) is 1.42. The van der Waals surface area contributed by atoms with Crippen LogP contribution in [-0.4, -0.2) is 32.3 Å². The van der Waals surface area contributed by atoms with E-state index in [0.29, 0.717) is 12.1 Å². The van der Waals surface area contributed by atoms with Crippen molar-refractivity contribution in [2.45, 2.75) is 39.0 Å². The van der Waals surface area contributed by atoms with Crippen LogP contribution >= 0.6 is 0 Å². The lowest BCUT2D eigenvalue weighted by atomic mass is 9.99. The van der Waals surface area contributed by atoms with Gasteiger partial charge in [-0.2, -0.15) is 0 Å². The molecule has 2 atom stereocenters. The van der Waals surface area contributed by atoms with Gasteiger partial charge < -0.3 is 19.7 Å². The molecule has 0 radical (unpaired) electrons. The Bertz CT molecular complexity index is 1390. The number of aryl methyl sites for hydroxylation is 1. The Morgan fingerprint density at radius 2 is 1.84 bits per heavy atom. The second-order valence-corrected chi connectivity index (χ2v) is 9.76. The Morgan fingerprint density at radius 1 is 1.05 bits per heavy atom. The zero-order valence-corrected chi connectivity index (χ0v) is 21.7. The van der Waals surface area contributed by atoms with Crippen LogP contribution in [0.25, 0.3) is 10.8 Å². The molecule has 1 aliphatic rings. The van der Waals surface area contributed by atoms with Crippen LogP contribution < -0.4 is 15.0 Å². The number of hydrogen-bond acceptors (Lipinski definition) is 5. The third-order valence-electron chi connectivity index (χ3n) is 7.21. The van der Waals surface area contributed by atoms with Crippen molar-refractivity contribution in [2.24, 2.45) is 0 Å². The molecule has 0 amide bonds. The third kappa shape index (κ3) is 5.47. The largest absolute Gasteiger partial charge is 0.486 e. The van der Waals surface area contributed by atoms with Gasteiger partial charge in [-0.05, 0) is 72.5 Å². The molecule has 5 heteroatoms. The van der Waals surface area contributed by atoms with Gasteiger partial charge in [-0.15, -0.1) is 0 Å². The van der Waals surface area contributed by atoms with E-state index in [1.165, 1.54) is 23.4 Å². The van der Waals surface area contributed by atoms with Crippen LogP contribution in [0, 0.1) is 6.92 Å². The molecule has 1 N–H and O–H groups in total. The maximum atomic E-state index is 12.2. The predicted octanol–water partition coefficient (Wildman–Crippen LogP) is 6.44. The summed E-state index contributed by atoms with van der Waals surface area (Å²) in [5, 5.41) is 6.27. The Morgan fingerprint density at radius 3 is 2.70 bits per heavy atom. The van der Waals surface area contributed by atoms with Crippen molar-refractivity contribution < 1.29 is 14.3 Å². The zero-order chi connectivity index (χ0) is 25.8. The number of esters is 1. The summed E-state index contributed by atoms with van der Waals surface area (Å²) in [5.41, 5.74) is 5.00. The number of methoxy groups -OCH3 is 1. The lowest BCUT2D eigenvalue weighted by Crippen LogP contribution is -2.41. The van der Waals surface area contributed by atoms with Crippen LogP contribution in [0.1, 0.15) is 46.4 Å². The monoisotopic (exact) mass is 494 g/mol. The maximum Gasteiger partial charge on any atom is 0.338 e. The second kappa shape index (κ2) is 11.1. The number of anilines is 1. The van der Waals surface area contributed by atoms with Crippen molar-refractivity contribution in [2.75, 3.05) is 25.1 Å². The normalized spacial score (nSPS) is 15.6. The molecule has 1 heterocycles. The molecule has 0 bridgehead atoms. The summed E-state index contributed by atoms with van der Waals surface area (Å²) >= 11 is 0. The van der Waals surface area contributed by atoms with Gasteiger partial charge in [0.15, 0.2) is 0 Å². The Labute approximate surface area is 219 Å². The van der Waals surface area contributed by atoms with Gasteiger partial charge in [-0.3, -0.25) is 0 Å².